The van der Waals surface area contributed by atoms with Gasteiger partial charge in [-0.3, -0.25) is 0 Å². The topological polar surface area (TPSA) is 9.23 Å². The molecule has 0 aromatic heterocycles. The van der Waals surface area contributed by atoms with E-state index in [4.69, 9.17) is 4.43 Å². The predicted molar refractivity (Wildman–Crippen MR) is 62.9 cm³/mol. The lowest BCUT2D eigenvalue weighted by molar-refractivity contribution is 0.394. The molecule has 0 aliphatic carbocycles. The fourth-order valence-corrected chi connectivity index (χ4v) is 1.71. The second-order valence-corrected chi connectivity index (χ2v) is 4.36. The molecule has 0 bridgehead atoms. The van der Waals surface area contributed by atoms with Gasteiger partial charge in [0.05, 0.1) is 6.61 Å². The van der Waals surface area contributed by atoms with Crippen LogP contribution in [-0.2, 0) is 4.43 Å². The van der Waals surface area contributed by atoms with E-state index in [1.807, 2.05) is 0 Å². The lowest BCUT2D eigenvalue weighted by Crippen LogP contribution is -2.08. The van der Waals surface area contributed by atoms with Crippen molar-refractivity contribution in [2.45, 2.75) is 40.5 Å². The van der Waals surface area contributed by atoms with E-state index in [1.54, 1.807) is 5.57 Å². The Morgan fingerprint density at radius 2 is 1.69 bits per heavy atom. The molecule has 0 rings (SSSR count). The lowest BCUT2D eigenvalue weighted by atomic mass is 9.87. The smallest absolute Gasteiger partial charge is 0.146 e. The molecule has 2 unspecified atom stereocenters. The summed E-state index contributed by atoms with van der Waals surface area (Å²) in [5, 5.41) is 0. The summed E-state index contributed by atoms with van der Waals surface area (Å²) in [5.41, 5.74) is 1.58. The van der Waals surface area contributed by atoms with Crippen LogP contribution in [0.4, 0.5) is 0 Å². The van der Waals surface area contributed by atoms with Crippen molar-refractivity contribution in [3.63, 3.8) is 0 Å². The Morgan fingerprint density at radius 3 is 2.00 bits per heavy atom. The van der Waals surface area contributed by atoms with Crippen LogP contribution in [-0.4, -0.2) is 17.1 Å². The molecular formula is C11H24OSi. The lowest BCUT2D eigenvalue weighted by Gasteiger charge is -2.20. The Morgan fingerprint density at radius 1 is 1.23 bits per heavy atom. The normalized spacial score (nSPS) is 15.4. The van der Waals surface area contributed by atoms with Gasteiger partial charge < -0.3 is 4.43 Å². The second kappa shape index (κ2) is 7.33. The van der Waals surface area contributed by atoms with Crippen LogP contribution in [0.25, 0.3) is 0 Å². The van der Waals surface area contributed by atoms with Gasteiger partial charge in [0, 0.05) is 0 Å². The minimum atomic E-state index is 0.715. The fraction of sp³-hybridized carbons (Fsp3) is 0.818. The summed E-state index contributed by atoms with van der Waals surface area (Å²) in [6.07, 6.45) is 4.75. The van der Waals surface area contributed by atoms with Crippen molar-refractivity contribution in [3.8, 4) is 0 Å². The Kier molecular flexibility index (Phi) is 7.29. The maximum absolute atomic E-state index is 5.22. The van der Waals surface area contributed by atoms with Crippen molar-refractivity contribution < 1.29 is 4.43 Å². The summed E-state index contributed by atoms with van der Waals surface area (Å²) in [6, 6.07) is 0. The molecule has 0 fully saturated rings. The Bertz CT molecular complexity index is 142. The molecule has 13 heavy (non-hydrogen) atoms. The molecule has 0 heterocycles. The first-order valence-corrected chi connectivity index (χ1v) is 6.17. The average molecular weight is 200 g/mol. The maximum Gasteiger partial charge on any atom is 0.146 e. The highest BCUT2D eigenvalue weighted by atomic mass is 28.2. The number of hydrogen-bond donors (Lipinski definition) is 0. The van der Waals surface area contributed by atoms with Crippen molar-refractivity contribution >= 4 is 10.5 Å². The Labute approximate surface area is 86.1 Å². The van der Waals surface area contributed by atoms with Gasteiger partial charge in [-0.1, -0.05) is 39.3 Å². The first kappa shape index (κ1) is 12.9. The van der Waals surface area contributed by atoms with Gasteiger partial charge in [-0.05, 0) is 24.7 Å². The quantitative estimate of drug-likeness (QED) is 0.472. The maximum atomic E-state index is 5.22. The van der Waals surface area contributed by atoms with Crippen LogP contribution in [0.5, 0.6) is 0 Å². The van der Waals surface area contributed by atoms with Crippen LogP contribution in [0.3, 0.4) is 0 Å². The molecule has 0 saturated heterocycles. The fourth-order valence-electron chi connectivity index (χ4n) is 1.54. The summed E-state index contributed by atoms with van der Waals surface area (Å²) >= 11 is 0. The third kappa shape index (κ3) is 4.63. The van der Waals surface area contributed by atoms with Gasteiger partial charge in [0.2, 0.25) is 0 Å². The van der Waals surface area contributed by atoms with Crippen molar-refractivity contribution in [2.75, 3.05) is 6.61 Å². The highest BCUT2D eigenvalue weighted by Crippen LogP contribution is 2.24. The first-order chi connectivity index (χ1) is 6.17. The van der Waals surface area contributed by atoms with Gasteiger partial charge >= 0.3 is 0 Å². The van der Waals surface area contributed by atoms with Gasteiger partial charge in [0.25, 0.3) is 0 Å². The third-order valence-corrected chi connectivity index (χ3v) is 3.18. The number of allylic oxidation sites excluding steroid dienone is 1. The molecule has 2 heteroatoms. The summed E-state index contributed by atoms with van der Waals surface area (Å²) in [6.45, 7) is 9.94. The van der Waals surface area contributed by atoms with Crippen LogP contribution < -0.4 is 0 Å². The van der Waals surface area contributed by atoms with Crippen molar-refractivity contribution in [1.82, 2.24) is 0 Å². The molecule has 0 aliphatic rings. The number of hydrogen-bond acceptors (Lipinski definition) is 1. The molecule has 78 valence electrons. The molecule has 0 spiro atoms. The van der Waals surface area contributed by atoms with E-state index in [9.17, 15) is 0 Å². The Hall–Kier alpha value is -0.0831. The zero-order valence-electron chi connectivity index (χ0n) is 9.76. The van der Waals surface area contributed by atoms with E-state index in [1.165, 1.54) is 12.8 Å². The molecule has 0 amide bonds. The van der Waals surface area contributed by atoms with Crippen LogP contribution in [0.2, 0.25) is 0 Å². The first-order valence-electron chi connectivity index (χ1n) is 5.36. The standard InChI is InChI=1S/C11H24OSi/c1-5-9(3)11(7-8-12-13)10(4)6-2/h7,9-10H,5-6,8H2,1-4,13H3. The largest absolute Gasteiger partial charge is 0.424 e. The van der Waals surface area contributed by atoms with E-state index in [2.05, 4.69) is 33.8 Å². The molecule has 0 aromatic carbocycles. The van der Waals surface area contributed by atoms with E-state index < -0.39 is 0 Å². The van der Waals surface area contributed by atoms with Crippen LogP contribution in [0.15, 0.2) is 11.6 Å². The third-order valence-electron chi connectivity index (χ3n) is 2.85. The van der Waals surface area contributed by atoms with E-state index in [-0.39, 0.29) is 0 Å². The zero-order chi connectivity index (χ0) is 10.3. The summed E-state index contributed by atoms with van der Waals surface area (Å²) in [5.74, 6) is 1.43. The van der Waals surface area contributed by atoms with Crippen LogP contribution in [0, 0.1) is 11.8 Å². The zero-order valence-corrected chi connectivity index (χ0v) is 11.8. The van der Waals surface area contributed by atoms with E-state index >= 15 is 0 Å². The van der Waals surface area contributed by atoms with Gasteiger partial charge in [-0.15, -0.1) is 0 Å². The van der Waals surface area contributed by atoms with Crippen molar-refractivity contribution in [1.29, 1.82) is 0 Å². The van der Waals surface area contributed by atoms with E-state index in [0.29, 0.717) is 11.8 Å². The van der Waals surface area contributed by atoms with Gasteiger partial charge in [-0.2, -0.15) is 0 Å². The highest BCUT2D eigenvalue weighted by molar-refractivity contribution is 5.98. The van der Waals surface area contributed by atoms with Gasteiger partial charge in [-0.25, -0.2) is 0 Å². The number of rotatable bonds is 6. The van der Waals surface area contributed by atoms with E-state index in [0.717, 1.165) is 17.1 Å². The average Bonchev–Trinajstić information content (AvgIpc) is 2.17. The molecule has 0 N–H and O–H groups in total. The molecule has 1 nitrogen and oxygen atoms in total. The molecule has 0 aliphatic heterocycles. The summed E-state index contributed by atoms with van der Waals surface area (Å²) in [4.78, 5) is 0. The van der Waals surface area contributed by atoms with Crippen LogP contribution >= 0.6 is 0 Å². The SMILES string of the molecule is CCC(C)C(=CCO[SiH3])C(C)CC. The van der Waals surface area contributed by atoms with Crippen molar-refractivity contribution in [3.05, 3.63) is 11.6 Å². The highest BCUT2D eigenvalue weighted by Gasteiger charge is 2.12. The monoisotopic (exact) mass is 200 g/mol. The molecule has 2 atom stereocenters. The Balaban J connectivity index is 4.34. The molecule has 0 radical (unpaired) electrons. The van der Waals surface area contributed by atoms with Gasteiger partial charge in [0.15, 0.2) is 0 Å². The predicted octanol–water partition coefficient (Wildman–Crippen LogP) is 2.30. The summed E-state index contributed by atoms with van der Waals surface area (Å²) in [7, 11) is 0.845. The molecule has 0 saturated carbocycles. The van der Waals surface area contributed by atoms with Crippen LogP contribution in [0.1, 0.15) is 40.5 Å². The second-order valence-electron chi connectivity index (χ2n) is 3.78. The minimum Gasteiger partial charge on any atom is -0.424 e. The van der Waals surface area contributed by atoms with Gasteiger partial charge in [0.1, 0.15) is 10.5 Å². The van der Waals surface area contributed by atoms with Crippen molar-refractivity contribution in [2.24, 2.45) is 11.8 Å². The minimum absolute atomic E-state index is 0.715. The molecular weight excluding hydrogens is 176 g/mol. The molecule has 0 aromatic rings. The summed E-state index contributed by atoms with van der Waals surface area (Å²) < 4.78 is 5.22.